The molecule has 0 saturated carbocycles. The van der Waals surface area contributed by atoms with E-state index in [0.717, 1.165) is 30.9 Å². The molecule has 0 radical (unpaired) electrons. The molecule has 1 atom stereocenters. The van der Waals surface area contributed by atoms with Crippen molar-refractivity contribution in [2.45, 2.75) is 39.3 Å². The van der Waals surface area contributed by atoms with Crippen LogP contribution in [-0.2, 0) is 20.0 Å². The average molecular weight is 262 g/mol. The molecular weight excluding hydrogens is 240 g/mol. The third kappa shape index (κ3) is 3.01. The van der Waals surface area contributed by atoms with E-state index in [0.29, 0.717) is 0 Å². The molecule has 1 N–H and O–H groups in total. The number of hydrogen-bond donors (Lipinski definition) is 1. The highest BCUT2D eigenvalue weighted by Gasteiger charge is 2.18. The summed E-state index contributed by atoms with van der Waals surface area (Å²) in [5.74, 6) is 1.02. The summed E-state index contributed by atoms with van der Waals surface area (Å²) in [5, 5.41) is 12.0. The minimum Gasteiger partial charge on any atom is -0.313 e. The summed E-state index contributed by atoms with van der Waals surface area (Å²) in [6, 6.07) is 0.216. The SMILES string of the molecule is CCCn1ncnc1CC(NC)c1cn(C)nc1C. The van der Waals surface area contributed by atoms with E-state index in [2.05, 4.69) is 33.6 Å². The molecule has 1 unspecified atom stereocenters. The summed E-state index contributed by atoms with van der Waals surface area (Å²) >= 11 is 0. The van der Waals surface area contributed by atoms with Gasteiger partial charge < -0.3 is 5.32 Å². The minimum absolute atomic E-state index is 0.216. The highest BCUT2D eigenvalue weighted by molar-refractivity contribution is 5.21. The summed E-state index contributed by atoms with van der Waals surface area (Å²) in [5.41, 5.74) is 2.28. The van der Waals surface area contributed by atoms with Gasteiger partial charge in [0.05, 0.1) is 5.69 Å². The van der Waals surface area contributed by atoms with Crippen LogP contribution in [0.15, 0.2) is 12.5 Å². The lowest BCUT2D eigenvalue weighted by Crippen LogP contribution is -2.21. The molecule has 2 aromatic heterocycles. The van der Waals surface area contributed by atoms with Gasteiger partial charge in [-0.25, -0.2) is 4.98 Å². The zero-order chi connectivity index (χ0) is 13.8. The molecule has 19 heavy (non-hydrogen) atoms. The fourth-order valence-corrected chi connectivity index (χ4v) is 2.35. The number of rotatable bonds is 6. The molecule has 2 aromatic rings. The molecule has 0 bridgehead atoms. The Kier molecular flexibility index (Phi) is 4.31. The van der Waals surface area contributed by atoms with Crippen LogP contribution in [0.3, 0.4) is 0 Å². The maximum absolute atomic E-state index is 4.40. The number of hydrogen-bond acceptors (Lipinski definition) is 4. The van der Waals surface area contributed by atoms with E-state index in [-0.39, 0.29) is 6.04 Å². The van der Waals surface area contributed by atoms with Gasteiger partial charge in [0.25, 0.3) is 0 Å². The van der Waals surface area contributed by atoms with Gasteiger partial charge in [-0.3, -0.25) is 9.36 Å². The third-order valence-corrected chi connectivity index (χ3v) is 3.29. The maximum Gasteiger partial charge on any atom is 0.138 e. The monoisotopic (exact) mass is 262 g/mol. The number of nitrogens with zero attached hydrogens (tertiary/aromatic N) is 5. The van der Waals surface area contributed by atoms with Crippen molar-refractivity contribution in [3.8, 4) is 0 Å². The quantitative estimate of drug-likeness (QED) is 0.850. The van der Waals surface area contributed by atoms with Crippen LogP contribution in [0.2, 0.25) is 0 Å². The second-order valence-corrected chi connectivity index (χ2v) is 4.79. The van der Waals surface area contributed by atoms with Crippen molar-refractivity contribution in [2.24, 2.45) is 7.05 Å². The van der Waals surface area contributed by atoms with E-state index in [1.807, 2.05) is 30.4 Å². The van der Waals surface area contributed by atoms with Crippen molar-refractivity contribution < 1.29 is 0 Å². The second kappa shape index (κ2) is 5.97. The van der Waals surface area contributed by atoms with Crippen molar-refractivity contribution >= 4 is 0 Å². The van der Waals surface area contributed by atoms with Gasteiger partial charge in [-0.05, 0) is 20.4 Å². The van der Waals surface area contributed by atoms with E-state index >= 15 is 0 Å². The Morgan fingerprint density at radius 2 is 2.21 bits per heavy atom. The number of aryl methyl sites for hydroxylation is 3. The van der Waals surface area contributed by atoms with Crippen LogP contribution in [0.4, 0.5) is 0 Å². The lowest BCUT2D eigenvalue weighted by atomic mass is 10.0. The van der Waals surface area contributed by atoms with Gasteiger partial charge in [0.2, 0.25) is 0 Å². The Hall–Kier alpha value is -1.69. The molecule has 0 aliphatic carbocycles. The summed E-state index contributed by atoms with van der Waals surface area (Å²) in [6.07, 6.45) is 5.58. The first kappa shape index (κ1) is 13.7. The van der Waals surface area contributed by atoms with Gasteiger partial charge >= 0.3 is 0 Å². The van der Waals surface area contributed by atoms with E-state index in [1.54, 1.807) is 6.33 Å². The van der Waals surface area contributed by atoms with Crippen molar-refractivity contribution in [1.29, 1.82) is 0 Å². The Balaban J connectivity index is 2.19. The molecular formula is C13H22N6. The second-order valence-electron chi connectivity index (χ2n) is 4.79. The molecule has 6 heteroatoms. The highest BCUT2D eigenvalue weighted by atomic mass is 15.3. The van der Waals surface area contributed by atoms with Crippen molar-refractivity contribution in [3.05, 3.63) is 29.6 Å². The Bertz CT molecular complexity index is 527. The van der Waals surface area contributed by atoms with Gasteiger partial charge in [0.1, 0.15) is 12.2 Å². The molecule has 2 heterocycles. The number of nitrogens with one attached hydrogen (secondary N) is 1. The molecule has 2 rings (SSSR count). The predicted octanol–water partition coefficient (Wildman–Crippen LogP) is 1.23. The molecule has 0 spiro atoms. The standard InChI is InChI=1S/C13H22N6/c1-5-6-19-13(15-9-16-19)7-12(14-3)11-8-18(4)17-10(11)2/h8-9,12,14H,5-7H2,1-4H3. The van der Waals surface area contributed by atoms with Gasteiger partial charge in [-0.15, -0.1) is 0 Å². The normalized spacial score (nSPS) is 12.8. The van der Waals surface area contributed by atoms with E-state index < -0.39 is 0 Å². The van der Waals surface area contributed by atoms with Crippen LogP contribution >= 0.6 is 0 Å². The molecule has 0 saturated heterocycles. The Morgan fingerprint density at radius 3 is 2.79 bits per heavy atom. The Morgan fingerprint density at radius 1 is 1.42 bits per heavy atom. The summed E-state index contributed by atoms with van der Waals surface area (Å²) in [7, 11) is 3.92. The van der Waals surface area contributed by atoms with Crippen LogP contribution in [0.5, 0.6) is 0 Å². The molecule has 0 fully saturated rings. The topological polar surface area (TPSA) is 60.6 Å². The largest absolute Gasteiger partial charge is 0.313 e. The first-order valence-electron chi connectivity index (χ1n) is 6.69. The van der Waals surface area contributed by atoms with Gasteiger partial charge in [0.15, 0.2) is 0 Å². The molecule has 0 aliphatic rings. The molecule has 104 valence electrons. The van der Waals surface area contributed by atoms with Crippen LogP contribution in [0, 0.1) is 6.92 Å². The lowest BCUT2D eigenvalue weighted by molar-refractivity contribution is 0.515. The lowest BCUT2D eigenvalue weighted by Gasteiger charge is -2.15. The summed E-state index contributed by atoms with van der Waals surface area (Å²) < 4.78 is 3.84. The van der Waals surface area contributed by atoms with E-state index in [4.69, 9.17) is 0 Å². The minimum atomic E-state index is 0.216. The summed E-state index contributed by atoms with van der Waals surface area (Å²) in [4.78, 5) is 4.37. The predicted molar refractivity (Wildman–Crippen MR) is 73.8 cm³/mol. The fourth-order valence-electron chi connectivity index (χ4n) is 2.35. The van der Waals surface area contributed by atoms with Gasteiger partial charge in [0, 0.05) is 37.8 Å². The first-order valence-corrected chi connectivity index (χ1v) is 6.69. The van der Waals surface area contributed by atoms with Gasteiger partial charge in [-0.2, -0.15) is 10.2 Å². The number of likely N-dealkylation sites (N-methyl/N-ethyl adjacent to an activating group) is 1. The smallest absolute Gasteiger partial charge is 0.138 e. The van der Waals surface area contributed by atoms with Crippen LogP contribution < -0.4 is 5.32 Å². The Labute approximate surface area is 113 Å². The van der Waals surface area contributed by atoms with Crippen molar-refractivity contribution in [3.63, 3.8) is 0 Å². The van der Waals surface area contributed by atoms with E-state index in [9.17, 15) is 0 Å². The van der Waals surface area contributed by atoms with Crippen molar-refractivity contribution in [1.82, 2.24) is 29.9 Å². The molecule has 0 aliphatic heterocycles. The van der Waals surface area contributed by atoms with Crippen LogP contribution in [0.25, 0.3) is 0 Å². The van der Waals surface area contributed by atoms with Crippen LogP contribution in [0.1, 0.15) is 36.5 Å². The van der Waals surface area contributed by atoms with Crippen molar-refractivity contribution in [2.75, 3.05) is 7.05 Å². The van der Waals surface area contributed by atoms with Gasteiger partial charge in [-0.1, -0.05) is 6.92 Å². The zero-order valence-electron chi connectivity index (χ0n) is 12.1. The van der Waals surface area contributed by atoms with Crippen LogP contribution in [-0.4, -0.2) is 31.6 Å². The maximum atomic E-state index is 4.40. The molecule has 6 nitrogen and oxygen atoms in total. The third-order valence-electron chi connectivity index (χ3n) is 3.29. The first-order chi connectivity index (χ1) is 9.15. The molecule has 0 aromatic carbocycles. The average Bonchev–Trinajstić information content (AvgIpc) is 2.94. The fraction of sp³-hybridized carbons (Fsp3) is 0.615. The zero-order valence-corrected chi connectivity index (χ0v) is 12.1. The van der Waals surface area contributed by atoms with E-state index in [1.165, 1.54) is 5.56 Å². The summed E-state index contributed by atoms with van der Waals surface area (Å²) in [6.45, 7) is 5.10. The molecule has 0 amide bonds. The number of aromatic nitrogens is 5. The highest BCUT2D eigenvalue weighted by Crippen LogP contribution is 2.19.